The van der Waals surface area contributed by atoms with E-state index in [0.29, 0.717) is 25.7 Å². The van der Waals surface area contributed by atoms with Crippen molar-refractivity contribution in [2.75, 3.05) is 13.2 Å². The zero-order valence-electron chi connectivity index (χ0n) is 20.3. The molecule has 0 heterocycles. The van der Waals surface area contributed by atoms with Gasteiger partial charge < -0.3 is 30.6 Å². The van der Waals surface area contributed by atoms with Crippen LogP contribution in [0.4, 0.5) is 0 Å². The molecule has 0 fully saturated rings. The van der Waals surface area contributed by atoms with E-state index in [4.69, 9.17) is 20.4 Å². The number of phenolic OH excluding ortho intramolecular Hbond substituents is 2. The van der Waals surface area contributed by atoms with Crippen LogP contribution >= 0.6 is 0 Å². The molecule has 6 N–H and O–H groups in total. The first kappa shape index (κ1) is 31.4. The number of phenols is 2. The molecule has 0 spiro atoms. The third-order valence-corrected chi connectivity index (χ3v) is 5.06. The maximum absolute atomic E-state index is 10.0. The van der Waals surface area contributed by atoms with Gasteiger partial charge in [-0.25, -0.2) is 9.59 Å². The highest BCUT2D eigenvalue weighted by molar-refractivity contribution is 5.86. The number of aliphatic hydroxyl groups excluding tert-OH is 2. The van der Waals surface area contributed by atoms with E-state index >= 15 is 0 Å². The summed E-state index contributed by atoms with van der Waals surface area (Å²) in [7, 11) is 0. The summed E-state index contributed by atoms with van der Waals surface area (Å²) in [6, 6.07) is 14.4. The summed E-state index contributed by atoms with van der Waals surface area (Å²) in [5.74, 6) is -1.42. The third kappa shape index (κ3) is 12.4. The van der Waals surface area contributed by atoms with Crippen molar-refractivity contribution in [3.05, 3.63) is 84.0 Å². The minimum absolute atomic E-state index is 0.0201. The van der Waals surface area contributed by atoms with Crippen molar-refractivity contribution in [2.45, 2.75) is 44.9 Å². The summed E-state index contributed by atoms with van der Waals surface area (Å²) in [6.45, 7) is 10.8. The molecule has 2 aromatic carbocycles. The molecule has 192 valence electrons. The second-order valence-electron chi connectivity index (χ2n) is 8.19. The van der Waals surface area contributed by atoms with Gasteiger partial charge in [0.25, 0.3) is 0 Å². The lowest BCUT2D eigenvalue weighted by Gasteiger charge is -2.26. The largest absolute Gasteiger partial charge is 0.508 e. The number of carbonyl (C=O) groups is 2. The van der Waals surface area contributed by atoms with Gasteiger partial charge in [0.1, 0.15) is 11.5 Å². The Morgan fingerprint density at radius 2 is 0.971 bits per heavy atom. The number of aliphatic hydroxyl groups is 2. The molecule has 0 radical (unpaired) electrons. The van der Waals surface area contributed by atoms with Gasteiger partial charge in [-0.3, -0.25) is 0 Å². The summed E-state index contributed by atoms with van der Waals surface area (Å²) in [4.78, 5) is 20.0. The van der Waals surface area contributed by atoms with Crippen LogP contribution < -0.4 is 0 Å². The number of hydrogen-bond donors (Lipinski definition) is 6. The van der Waals surface area contributed by atoms with Crippen molar-refractivity contribution in [1.29, 1.82) is 0 Å². The van der Waals surface area contributed by atoms with Crippen LogP contribution in [0.2, 0.25) is 0 Å². The number of hydrogen-bond acceptors (Lipinski definition) is 6. The highest BCUT2D eigenvalue weighted by atomic mass is 16.4. The predicted octanol–water partition coefficient (Wildman–Crippen LogP) is 4.22. The summed E-state index contributed by atoms with van der Waals surface area (Å²) < 4.78 is 0. The SMILES string of the molecule is C=C(CCCO)C(=O)O.C=C(CCCO)C(=O)O.CC(C)(c1ccc(O)cc1)c1ccc(O)cc1. The molecule has 0 atom stereocenters. The third-order valence-electron chi connectivity index (χ3n) is 5.06. The van der Waals surface area contributed by atoms with E-state index in [2.05, 4.69) is 27.0 Å². The smallest absolute Gasteiger partial charge is 0.330 e. The zero-order valence-corrected chi connectivity index (χ0v) is 20.3. The fourth-order valence-corrected chi connectivity index (χ4v) is 2.72. The first-order valence-corrected chi connectivity index (χ1v) is 11.0. The van der Waals surface area contributed by atoms with Gasteiger partial charge in [-0.1, -0.05) is 51.3 Å². The van der Waals surface area contributed by atoms with E-state index in [-0.39, 0.29) is 41.3 Å². The lowest BCUT2D eigenvalue weighted by atomic mass is 9.78. The normalized spacial score (nSPS) is 10.2. The van der Waals surface area contributed by atoms with Gasteiger partial charge >= 0.3 is 11.9 Å². The van der Waals surface area contributed by atoms with Gasteiger partial charge in [0, 0.05) is 29.8 Å². The molecule has 35 heavy (non-hydrogen) atoms. The second kappa shape index (κ2) is 16.1. The molecule has 0 unspecified atom stereocenters. The fraction of sp³-hybridized carbons (Fsp3) is 0.333. The van der Waals surface area contributed by atoms with E-state index in [1.54, 1.807) is 24.3 Å². The highest BCUT2D eigenvalue weighted by Crippen LogP contribution is 2.32. The summed E-state index contributed by atoms with van der Waals surface area (Å²) >= 11 is 0. The summed E-state index contributed by atoms with van der Waals surface area (Å²) in [5.41, 5.74) is 2.41. The topological polar surface area (TPSA) is 156 Å². The first-order chi connectivity index (χ1) is 16.4. The summed E-state index contributed by atoms with van der Waals surface area (Å²) in [5, 5.41) is 51.6. The Labute approximate surface area is 206 Å². The van der Waals surface area contributed by atoms with E-state index < -0.39 is 11.9 Å². The Hall–Kier alpha value is -3.62. The van der Waals surface area contributed by atoms with Crippen molar-refractivity contribution < 1.29 is 40.2 Å². The van der Waals surface area contributed by atoms with Crippen molar-refractivity contribution in [3.63, 3.8) is 0 Å². The Kier molecular flexibility index (Phi) is 14.4. The molecule has 2 aromatic rings. The monoisotopic (exact) mass is 488 g/mol. The van der Waals surface area contributed by atoms with Crippen LogP contribution in [0.1, 0.15) is 50.7 Å². The zero-order chi connectivity index (χ0) is 27.0. The molecular weight excluding hydrogens is 452 g/mol. The molecule has 0 aliphatic heterocycles. The Bertz CT molecular complexity index is 867. The Morgan fingerprint density at radius 3 is 1.20 bits per heavy atom. The molecule has 2 rings (SSSR count). The second-order valence-corrected chi connectivity index (χ2v) is 8.19. The average Bonchev–Trinajstić information content (AvgIpc) is 2.82. The minimum Gasteiger partial charge on any atom is -0.508 e. The van der Waals surface area contributed by atoms with Crippen LogP contribution in [-0.2, 0) is 15.0 Å². The Balaban J connectivity index is 0.000000549. The van der Waals surface area contributed by atoms with Crippen LogP contribution in [0.25, 0.3) is 0 Å². The number of benzene rings is 2. The van der Waals surface area contributed by atoms with Crippen molar-refractivity contribution in [2.24, 2.45) is 0 Å². The number of carboxylic acid groups (broad SMARTS) is 2. The molecule has 0 aliphatic carbocycles. The van der Waals surface area contributed by atoms with Crippen molar-refractivity contribution in [1.82, 2.24) is 0 Å². The highest BCUT2D eigenvalue weighted by Gasteiger charge is 2.22. The van der Waals surface area contributed by atoms with Gasteiger partial charge in [0.05, 0.1) is 0 Å². The number of rotatable bonds is 10. The van der Waals surface area contributed by atoms with Gasteiger partial charge in [0.2, 0.25) is 0 Å². The maximum Gasteiger partial charge on any atom is 0.330 e. The van der Waals surface area contributed by atoms with Gasteiger partial charge in [-0.05, 0) is 61.1 Å². The van der Waals surface area contributed by atoms with Crippen molar-refractivity contribution >= 4 is 11.9 Å². The van der Waals surface area contributed by atoms with Crippen LogP contribution in [0.3, 0.4) is 0 Å². The van der Waals surface area contributed by atoms with Gasteiger partial charge in [-0.2, -0.15) is 0 Å². The molecule has 0 saturated carbocycles. The van der Waals surface area contributed by atoms with Crippen LogP contribution in [0.15, 0.2) is 72.8 Å². The molecule has 8 heteroatoms. The molecular formula is C27H36O8. The summed E-state index contributed by atoms with van der Waals surface area (Å²) in [6.07, 6.45) is 1.69. The molecule has 0 aromatic heterocycles. The molecule has 0 amide bonds. The number of aromatic hydroxyl groups is 2. The quantitative estimate of drug-likeness (QED) is 0.272. The number of aliphatic carboxylic acids is 2. The number of carboxylic acids is 2. The Morgan fingerprint density at radius 1 is 0.686 bits per heavy atom. The molecule has 0 bridgehead atoms. The predicted molar refractivity (Wildman–Crippen MR) is 135 cm³/mol. The fourth-order valence-electron chi connectivity index (χ4n) is 2.72. The lowest BCUT2D eigenvalue weighted by molar-refractivity contribution is -0.133. The van der Waals surface area contributed by atoms with E-state index in [9.17, 15) is 19.8 Å². The standard InChI is InChI=1S/C15H16O2.2C6H10O3/c1-15(2,11-3-7-13(16)8-4-11)12-5-9-14(17)10-6-12;2*1-5(6(8)9)3-2-4-7/h3-10,16-17H,1-2H3;2*7H,1-4H2,(H,8,9). The lowest BCUT2D eigenvalue weighted by Crippen LogP contribution is -2.18. The first-order valence-electron chi connectivity index (χ1n) is 11.0. The van der Waals surface area contributed by atoms with E-state index in [1.165, 1.54) is 0 Å². The van der Waals surface area contributed by atoms with Gasteiger partial charge in [0.15, 0.2) is 0 Å². The van der Waals surface area contributed by atoms with Crippen molar-refractivity contribution in [3.8, 4) is 11.5 Å². The molecule has 8 nitrogen and oxygen atoms in total. The minimum atomic E-state index is -0.983. The van der Waals surface area contributed by atoms with Crippen LogP contribution in [-0.4, -0.2) is 55.8 Å². The van der Waals surface area contributed by atoms with Crippen LogP contribution in [0.5, 0.6) is 11.5 Å². The average molecular weight is 489 g/mol. The van der Waals surface area contributed by atoms with Gasteiger partial charge in [-0.15, -0.1) is 0 Å². The molecule has 0 aliphatic rings. The van der Waals surface area contributed by atoms with E-state index in [0.717, 1.165) is 11.1 Å². The maximum atomic E-state index is 10.0. The van der Waals surface area contributed by atoms with Crippen LogP contribution in [0, 0.1) is 0 Å². The van der Waals surface area contributed by atoms with E-state index in [1.807, 2.05) is 24.3 Å². The molecule has 0 saturated heterocycles.